The molecule has 0 N–H and O–H groups in total. The first-order valence-electron chi connectivity index (χ1n) is 24.7. The van der Waals surface area contributed by atoms with Gasteiger partial charge in [0.05, 0.1) is 58.1 Å². The lowest BCUT2D eigenvalue weighted by atomic mass is 9.55. The molecule has 2 aromatic heterocycles. The highest BCUT2D eigenvalue weighted by Crippen LogP contribution is 2.64. The van der Waals surface area contributed by atoms with E-state index in [0.717, 1.165) is 97.0 Å². The Morgan fingerprint density at radius 1 is 0.368 bits per heavy atom. The van der Waals surface area contributed by atoms with Crippen LogP contribution in [0.25, 0.3) is 51.5 Å². The maximum Gasteiger partial charge on any atom is 0.128 e. The summed E-state index contributed by atoms with van der Waals surface area (Å²) >= 11 is 2.93. The van der Waals surface area contributed by atoms with E-state index in [1.165, 1.54) is 46.9 Å². The van der Waals surface area contributed by atoms with Crippen LogP contribution in [0.4, 0.5) is 51.7 Å². The van der Waals surface area contributed by atoms with Crippen molar-refractivity contribution in [2.45, 2.75) is 24.7 Å². The van der Waals surface area contributed by atoms with Crippen molar-refractivity contribution in [3.05, 3.63) is 262 Å². The Morgan fingerprint density at radius 3 is 1.13 bits per heavy atom. The van der Waals surface area contributed by atoms with Crippen LogP contribution in [0, 0.1) is 45.9 Å². The summed E-state index contributed by atoms with van der Waals surface area (Å²) < 4.78 is 66.0. The smallest absolute Gasteiger partial charge is 0.128 e. The standard InChI is InChI=1S/C66H38F4N4S2/c1-65(2)55-17-3-5-19-57(55)66(58-20-6-4-18-56(58)65)53-25-23-43(73(45-29-39(67)27-40(68)30-45)59-21-9-15-49-47-13-7-11-37(35-71)61(47)75-63(49)59)33-51(53)52-34-44(24-26-54(52)66)74(46-31-41(69)28-42(70)32-46)60-22-10-16-50-48-14-8-12-38(36-72)62(48)76-64(50)60/h3-34H,1-2H3. The molecule has 2 heterocycles. The van der Waals surface area contributed by atoms with Gasteiger partial charge in [0.1, 0.15) is 35.4 Å². The van der Waals surface area contributed by atoms with Gasteiger partial charge in [-0.05, 0) is 117 Å². The summed E-state index contributed by atoms with van der Waals surface area (Å²) in [6, 6.07) is 64.5. The van der Waals surface area contributed by atoms with Crippen molar-refractivity contribution in [2.75, 3.05) is 9.80 Å². The third kappa shape index (κ3) is 6.45. The van der Waals surface area contributed by atoms with Gasteiger partial charge >= 0.3 is 0 Å². The summed E-state index contributed by atoms with van der Waals surface area (Å²) in [7, 11) is 0. The van der Waals surface area contributed by atoms with E-state index in [1.807, 2.05) is 82.6 Å². The molecule has 4 nitrogen and oxygen atoms in total. The minimum atomic E-state index is -0.867. The van der Waals surface area contributed by atoms with Crippen molar-refractivity contribution < 1.29 is 17.6 Å². The monoisotopic (exact) mass is 1030 g/mol. The van der Waals surface area contributed by atoms with Gasteiger partial charge in [-0.15, -0.1) is 22.7 Å². The summed E-state index contributed by atoms with van der Waals surface area (Å²) in [5, 5.41) is 24.0. The first kappa shape index (κ1) is 45.5. The fourth-order valence-corrected chi connectivity index (χ4v) is 15.0. The van der Waals surface area contributed by atoms with Gasteiger partial charge in [0.15, 0.2) is 0 Å². The highest BCUT2D eigenvalue weighted by atomic mass is 32.1. The predicted octanol–water partition coefficient (Wildman–Crippen LogP) is 18.7. The number of fused-ring (bicyclic) bond motifs is 15. The van der Waals surface area contributed by atoms with Crippen LogP contribution in [0.15, 0.2) is 194 Å². The summed E-state index contributed by atoms with van der Waals surface area (Å²) in [4.78, 5) is 3.77. The lowest BCUT2D eigenvalue weighted by molar-refractivity contribution is 0.563. The van der Waals surface area contributed by atoms with E-state index in [1.54, 1.807) is 12.1 Å². The average molecular weight is 1030 g/mol. The van der Waals surface area contributed by atoms with Crippen LogP contribution in [0.3, 0.4) is 0 Å². The van der Waals surface area contributed by atoms with E-state index >= 15 is 17.6 Å². The number of thiophene rings is 2. The Morgan fingerprint density at radius 2 is 0.737 bits per heavy atom. The van der Waals surface area contributed by atoms with Crippen LogP contribution in [0.1, 0.15) is 58.4 Å². The first-order valence-corrected chi connectivity index (χ1v) is 26.3. The molecule has 0 fully saturated rings. The van der Waals surface area contributed by atoms with E-state index in [0.29, 0.717) is 33.9 Å². The molecule has 12 aromatic rings. The van der Waals surface area contributed by atoms with Crippen molar-refractivity contribution >= 4 is 97.1 Å². The van der Waals surface area contributed by atoms with Crippen LogP contribution >= 0.6 is 22.7 Å². The van der Waals surface area contributed by atoms with Crippen LogP contribution in [0.5, 0.6) is 0 Å². The van der Waals surface area contributed by atoms with E-state index in [-0.39, 0.29) is 16.8 Å². The fraction of sp³-hybridized carbons (Fsp3) is 0.0606. The van der Waals surface area contributed by atoms with Crippen molar-refractivity contribution in [1.82, 2.24) is 0 Å². The molecule has 0 aliphatic heterocycles. The zero-order valence-corrected chi connectivity index (χ0v) is 42.2. The molecule has 2 aliphatic carbocycles. The van der Waals surface area contributed by atoms with E-state index in [4.69, 9.17) is 0 Å². The molecule has 10 aromatic carbocycles. The fourth-order valence-electron chi connectivity index (χ4n) is 12.5. The minimum Gasteiger partial charge on any atom is -0.309 e. The van der Waals surface area contributed by atoms with Crippen LogP contribution in [-0.4, -0.2) is 0 Å². The number of nitriles is 2. The molecular weight excluding hydrogens is 989 g/mol. The largest absolute Gasteiger partial charge is 0.309 e. The summed E-state index contributed by atoms with van der Waals surface area (Å²) in [6.45, 7) is 4.52. The molecule has 0 bridgehead atoms. The molecule has 76 heavy (non-hydrogen) atoms. The zero-order valence-electron chi connectivity index (χ0n) is 40.6. The highest BCUT2D eigenvalue weighted by molar-refractivity contribution is 7.27. The maximum absolute atomic E-state index is 15.7. The highest BCUT2D eigenvalue weighted by Gasteiger charge is 2.53. The Hall–Kier alpha value is -9.06. The van der Waals surface area contributed by atoms with Gasteiger partial charge in [-0.2, -0.15) is 10.5 Å². The van der Waals surface area contributed by atoms with Gasteiger partial charge in [0.2, 0.25) is 0 Å². The van der Waals surface area contributed by atoms with Gasteiger partial charge in [-0.3, -0.25) is 0 Å². The average Bonchev–Trinajstić information content (AvgIpc) is 4.12. The summed E-state index contributed by atoms with van der Waals surface area (Å²) in [5.41, 5.74) is 11.1. The quantitative estimate of drug-likeness (QED) is 0.156. The second kappa shape index (κ2) is 16.7. The lowest BCUT2D eigenvalue weighted by Crippen LogP contribution is -2.40. The van der Waals surface area contributed by atoms with Gasteiger partial charge in [0, 0.05) is 50.5 Å². The Kier molecular flexibility index (Phi) is 10.0. The van der Waals surface area contributed by atoms with Gasteiger partial charge < -0.3 is 9.80 Å². The molecule has 0 atom stereocenters. The van der Waals surface area contributed by atoms with Crippen molar-refractivity contribution in [2.24, 2.45) is 0 Å². The molecule has 14 rings (SSSR count). The van der Waals surface area contributed by atoms with E-state index < -0.39 is 28.7 Å². The summed E-state index contributed by atoms with van der Waals surface area (Å²) in [6.07, 6.45) is 0. The maximum atomic E-state index is 15.7. The number of halogens is 4. The van der Waals surface area contributed by atoms with Crippen LogP contribution in [0.2, 0.25) is 0 Å². The van der Waals surface area contributed by atoms with Crippen molar-refractivity contribution in [3.8, 4) is 23.3 Å². The first-order chi connectivity index (χ1) is 37.0. The topological polar surface area (TPSA) is 54.1 Å². The minimum absolute atomic E-state index is 0.259. The molecule has 0 amide bonds. The van der Waals surface area contributed by atoms with E-state index in [9.17, 15) is 10.5 Å². The number of rotatable bonds is 6. The lowest BCUT2D eigenvalue weighted by Gasteiger charge is -2.46. The molecule has 10 heteroatoms. The third-order valence-corrected chi connectivity index (χ3v) is 18.1. The molecule has 0 radical (unpaired) electrons. The summed E-state index contributed by atoms with van der Waals surface area (Å²) in [5.74, 6) is -2.96. The Labute approximate surface area is 442 Å². The molecule has 0 saturated carbocycles. The number of hydrogen-bond donors (Lipinski definition) is 0. The number of hydrogen-bond acceptors (Lipinski definition) is 6. The molecule has 0 saturated heterocycles. The second-order valence-electron chi connectivity index (χ2n) is 20.0. The Bertz CT molecular complexity index is 4250. The third-order valence-electron chi connectivity index (χ3n) is 15.6. The van der Waals surface area contributed by atoms with Crippen LogP contribution in [-0.2, 0) is 10.8 Å². The van der Waals surface area contributed by atoms with Gasteiger partial charge in [0.25, 0.3) is 0 Å². The van der Waals surface area contributed by atoms with Crippen molar-refractivity contribution in [3.63, 3.8) is 0 Å². The van der Waals surface area contributed by atoms with Crippen molar-refractivity contribution in [1.29, 1.82) is 10.5 Å². The van der Waals surface area contributed by atoms with Crippen LogP contribution < -0.4 is 9.80 Å². The Balaban J connectivity index is 1.08. The molecule has 2 aliphatic rings. The number of benzene rings is 10. The molecule has 362 valence electrons. The second-order valence-corrected chi connectivity index (χ2v) is 22.0. The molecular formula is C66H38F4N4S2. The van der Waals surface area contributed by atoms with Gasteiger partial charge in [-0.1, -0.05) is 123 Å². The number of nitrogens with zero attached hydrogens (tertiary/aromatic N) is 4. The normalized spacial score (nSPS) is 13.6. The number of anilines is 6. The SMILES string of the molecule is CC1(C)c2ccccc2C2(c3ccc(N(c4cc(F)cc(F)c4)c4cccc5c4sc4c(C#N)cccc45)cc3-c3cc(N(c4cc(F)cc(F)c4)c4cccc5c4sc4c(C#N)cccc45)ccc32)c2ccccc21. The van der Waals surface area contributed by atoms with E-state index in [2.05, 4.69) is 98.8 Å². The molecule has 1 spiro atoms. The molecule has 0 unspecified atom stereocenters. The zero-order chi connectivity index (χ0) is 51.8. The predicted molar refractivity (Wildman–Crippen MR) is 300 cm³/mol. The van der Waals surface area contributed by atoms with Gasteiger partial charge in [-0.25, -0.2) is 17.6 Å².